The van der Waals surface area contributed by atoms with E-state index in [1.54, 1.807) is 9.80 Å². The number of carbonyl (C=O) groups excluding carboxylic acids is 3. The van der Waals surface area contributed by atoms with E-state index >= 15 is 0 Å². The fourth-order valence-electron chi connectivity index (χ4n) is 3.41. The first kappa shape index (κ1) is 20.0. The predicted octanol–water partition coefficient (Wildman–Crippen LogP) is 2.50. The van der Waals surface area contributed by atoms with Crippen LogP contribution >= 0.6 is 0 Å². The fourth-order valence-corrected chi connectivity index (χ4v) is 3.41. The van der Waals surface area contributed by atoms with Gasteiger partial charge in [-0.2, -0.15) is 0 Å². The second-order valence-corrected chi connectivity index (χ2v) is 8.18. The summed E-state index contributed by atoms with van der Waals surface area (Å²) in [5, 5.41) is 2.35. The van der Waals surface area contributed by atoms with E-state index < -0.39 is 5.60 Å². The largest absolute Gasteiger partial charge is 0.444 e. The van der Waals surface area contributed by atoms with Crippen LogP contribution in [0, 0.1) is 6.92 Å². The maximum absolute atomic E-state index is 12.2. The maximum atomic E-state index is 12.2. The van der Waals surface area contributed by atoms with Gasteiger partial charge in [-0.05, 0) is 51.5 Å². The number of hydrogen-bond acceptors (Lipinski definition) is 5. The smallest absolute Gasteiger partial charge is 0.410 e. The van der Waals surface area contributed by atoms with Gasteiger partial charge in [0.1, 0.15) is 5.60 Å². The Kier molecular flexibility index (Phi) is 5.49. The van der Waals surface area contributed by atoms with Crippen molar-refractivity contribution in [2.75, 3.05) is 42.5 Å². The molecule has 2 aliphatic heterocycles. The quantitative estimate of drug-likeness (QED) is 0.842. The van der Waals surface area contributed by atoms with Gasteiger partial charge in [0.05, 0.1) is 0 Å². The van der Waals surface area contributed by atoms with E-state index in [-0.39, 0.29) is 18.0 Å². The van der Waals surface area contributed by atoms with Gasteiger partial charge in [0.15, 0.2) is 0 Å². The zero-order valence-electron chi connectivity index (χ0n) is 16.9. The highest BCUT2D eigenvalue weighted by Gasteiger charge is 2.28. The van der Waals surface area contributed by atoms with Crippen molar-refractivity contribution in [2.24, 2.45) is 0 Å². The van der Waals surface area contributed by atoms with Gasteiger partial charge in [0.25, 0.3) is 0 Å². The Morgan fingerprint density at radius 3 is 2.32 bits per heavy atom. The Morgan fingerprint density at radius 1 is 1.07 bits per heavy atom. The lowest BCUT2D eigenvalue weighted by molar-refractivity contribution is -0.120. The van der Waals surface area contributed by atoms with Crippen LogP contribution in [0.4, 0.5) is 21.0 Å². The second kappa shape index (κ2) is 7.69. The van der Waals surface area contributed by atoms with Crippen LogP contribution in [0.25, 0.3) is 0 Å². The van der Waals surface area contributed by atoms with Crippen LogP contribution in [0.1, 0.15) is 32.8 Å². The normalized spacial score (nSPS) is 18.2. The molecule has 0 saturated carbocycles. The van der Waals surface area contributed by atoms with Crippen molar-refractivity contribution in [3.63, 3.8) is 0 Å². The van der Waals surface area contributed by atoms with Gasteiger partial charge >= 0.3 is 12.1 Å². The molecular formula is C20H28N4O4. The molecule has 8 nitrogen and oxygen atoms in total. The van der Waals surface area contributed by atoms with Gasteiger partial charge in [-0.3, -0.25) is 15.0 Å². The zero-order valence-corrected chi connectivity index (χ0v) is 16.9. The van der Waals surface area contributed by atoms with E-state index in [4.69, 9.17) is 4.74 Å². The molecule has 3 rings (SSSR count). The van der Waals surface area contributed by atoms with Gasteiger partial charge < -0.3 is 14.5 Å². The molecule has 0 unspecified atom stereocenters. The minimum atomic E-state index is -0.494. The molecule has 0 bridgehead atoms. The molecular weight excluding hydrogens is 360 g/mol. The molecule has 152 valence electrons. The van der Waals surface area contributed by atoms with Crippen LogP contribution in [-0.2, 0) is 9.53 Å². The first-order valence-electron chi connectivity index (χ1n) is 9.59. The number of urea groups is 1. The highest BCUT2D eigenvalue weighted by molar-refractivity contribution is 6.06. The number of carbonyl (C=O) groups is 3. The van der Waals surface area contributed by atoms with Crippen LogP contribution in [0.3, 0.4) is 0 Å². The highest BCUT2D eigenvalue weighted by Crippen LogP contribution is 2.27. The molecule has 0 radical (unpaired) electrons. The Bertz CT molecular complexity index is 779. The number of benzene rings is 1. The number of hydrogen-bond donors (Lipinski definition) is 1. The third-order valence-corrected chi connectivity index (χ3v) is 4.82. The third-order valence-electron chi connectivity index (χ3n) is 4.82. The van der Waals surface area contributed by atoms with Crippen LogP contribution in [0.15, 0.2) is 18.2 Å². The van der Waals surface area contributed by atoms with Gasteiger partial charge in [-0.1, -0.05) is 0 Å². The van der Waals surface area contributed by atoms with Crippen molar-refractivity contribution in [2.45, 2.75) is 39.7 Å². The van der Waals surface area contributed by atoms with E-state index in [0.717, 1.165) is 30.0 Å². The molecule has 0 aromatic heterocycles. The summed E-state index contributed by atoms with van der Waals surface area (Å²) in [7, 11) is 0. The molecule has 8 heteroatoms. The number of nitrogens with zero attached hydrogens (tertiary/aromatic N) is 3. The number of anilines is 2. The van der Waals surface area contributed by atoms with Crippen LogP contribution in [-0.4, -0.2) is 61.3 Å². The van der Waals surface area contributed by atoms with Crippen molar-refractivity contribution in [3.05, 3.63) is 23.8 Å². The number of nitrogens with one attached hydrogen (secondary N) is 1. The Balaban J connectivity index is 1.63. The standard InChI is InChI=1S/C20H28N4O4/c1-14-13-15(5-6-16(14)24-8-7-17(25)21-18(24)26)22-9-11-23(12-10-22)19(27)28-20(2,3)4/h5-6,13H,7-12H2,1-4H3,(H,21,25,26). The van der Waals surface area contributed by atoms with E-state index in [1.807, 2.05) is 45.9 Å². The highest BCUT2D eigenvalue weighted by atomic mass is 16.6. The number of ether oxygens (including phenoxy) is 1. The Labute approximate surface area is 165 Å². The van der Waals surface area contributed by atoms with Crippen LogP contribution < -0.4 is 15.1 Å². The number of rotatable bonds is 2. The summed E-state index contributed by atoms with van der Waals surface area (Å²) in [5.74, 6) is -0.238. The Hall–Kier alpha value is -2.77. The van der Waals surface area contributed by atoms with E-state index in [9.17, 15) is 14.4 Å². The van der Waals surface area contributed by atoms with Crippen molar-refractivity contribution in [3.8, 4) is 0 Å². The van der Waals surface area contributed by atoms with Gasteiger partial charge in [0, 0.05) is 50.5 Å². The summed E-state index contributed by atoms with van der Waals surface area (Å²) < 4.78 is 5.44. The summed E-state index contributed by atoms with van der Waals surface area (Å²) in [4.78, 5) is 41.2. The molecule has 1 aromatic carbocycles. The molecule has 0 aliphatic carbocycles. The van der Waals surface area contributed by atoms with Crippen LogP contribution in [0.2, 0.25) is 0 Å². The van der Waals surface area contributed by atoms with Crippen molar-refractivity contribution in [1.29, 1.82) is 0 Å². The van der Waals surface area contributed by atoms with Crippen LogP contribution in [0.5, 0.6) is 0 Å². The topological polar surface area (TPSA) is 82.2 Å². The van der Waals surface area contributed by atoms with Crippen molar-refractivity contribution in [1.82, 2.24) is 10.2 Å². The average molecular weight is 388 g/mol. The van der Waals surface area contributed by atoms with E-state index in [0.29, 0.717) is 26.1 Å². The number of aryl methyl sites for hydroxylation is 1. The van der Waals surface area contributed by atoms with Crippen molar-refractivity contribution < 1.29 is 19.1 Å². The summed E-state index contributed by atoms with van der Waals surface area (Å²) in [6, 6.07) is 5.57. The van der Waals surface area contributed by atoms with Gasteiger partial charge in [-0.25, -0.2) is 9.59 Å². The molecule has 2 heterocycles. The molecule has 2 fully saturated rings. The van der Waals surface area contributed by atoms with Gasteiger partial charge in [0.2, 0.25) is 5.91 Å². The summed E-state index contributed by atoms with van der Waals surface area (Å²) in [5.41, 5.74) is 2.34. The SMILES string of the molecule is Cc1cc(N2CCN(C(=O)OC(C)(C)C)CC2)ccc1N1CCC(=O)NC1=O. The lowest BCUT2D eigenvalue weighted by Gasteiger charge is -2.37. The molecule has 0 spiro atoms. The summed E-state index contributed by atoms with van der Waals surface area (Å²) >= 11 is 0. The molecule has 2 aliphatic rings. The first-order valence-corrected chi connectivity index (χ1v) is 9.59. The molecule has 2 saturated heterocycles. The molecule has 1 N–H and O–H groups in total. The fraction of sp³-hybridized carbons (Fsp3) is 0.550. The third kappa shape index (κ3) is 4.55. The lowest BCUT2D eigenvalue weighted by atomic mass is 10.1. The number of imide groups is 1. The van der Waals surface area contributed by atoms with E-state index in [1.165, 1.54) is 0 Å². The number of piperazine rings is 1. The lowest BCUT2D eigenvalue weighted by Crippen LogP contribution is -2.50. The maximum Gasteiger partial charge on any atom is 0.410 e. The first-order chi connectivity index (χ1) is 13.1. The summed E-state index contributed by atoms with van der Waals surface area (Å²) in [6.45, 7) is 10.6. The molecule has 1 aromatic rings. The minimum absolute atomic E-state index is 0.238. The molecule has 4 amide bonds. The minimum Gasteiger partial charge on any atom is -0.444 e. The van der Waals surface area contributed by atoms with Crippen molar-refractivity contribution >= 4 is 29.4 Å². The zero-order chi connectivity index (χ0) is 20.5. The average Bonchev–Trinajstić information content (AvgIpc) is 2.61. The second-order valence-electron chi connectivity index (χ2n) is 8.18. The Morgan fingerprint density at radius 2 is 1.75 bits per heavy atom. The van der Waals surface area contributed by atoms with E-state index in [2.05, 4.69) is 10.2 Å². The summed E-state index contributed by atoms with van der Waals surface area (Å²) in [6.07, 6.45) is 0.0314. The van der Waals surface area contributed by atoms with Gasteiger partial charge in [-0.15, -0.1) is 0 Å². The molecule has 0 atom stereocenters. The predicted molar refractivity (Wildman–Crippen MR) is 107 cm³/mol. The molecule has 28 heavy (non-hydrogen) atoms. The monoisotopic (exact) mass is 388 g/mol. The number of amides is 4.